The molecule has 15 heavy (non-hydrogen) atoms. The largest absolute Gasteiger partial charge is 0.508 e. The van der Waals surface area contributed by atoms with Crippen LogP contribution in [0.25, 0.3) is 0 Å². The zero-order valence-electron chi connectivity index (χ0n) is 9.88. The summed E-state index contributed by atoms with van der Waals surface area (Å²) in [6.45, 7) is 6.51. The van der Waals surface area contributed by atoms with Gasteiger partial charge in [0.05, 0.1) is 0 Å². The van der Waals surface area contributed by atoms with E-state index in [-0.39, 0.29) is 5.41 Å². The summed E-state index contributed by atoms with van der Waals surface area (Å²) >= 11 is 0. The van der Waals surface area contributed by atoms with Crippen LogP contribution in [-0.4, -0.2) is 5.11 Å². The molecule has 0 amide bonds. The van der Waals surface area contributed by atoms with Gasteiger partial charge in [0.2, 0.25) is 0 Å². The van der Waals surface area contributed by atoms with Crippen LogP contribution in [0.3, 0.4) is 0 Å². The molecule has 1 aromatic carbocycles. The molecule has 1 saturated carbocycles. The van der Waals surface area contributed by atoms with Crippen LogP contribution >= 0.6 is 0 Å². The Morgan fingerprint density at radius 3 is 2.40 bits per heavy atom. The third-order valence-corrected chi connectivity index (χ3v) is 3.16. The minimum atomic E-state index is 0.121. The first kappa shape index (κ1) is 10.5. The Bertz CT molecular complexity index is 356. The standard InChI is InChI=1S/C14H20O/c1-14(2,3)12-7-6-11(13(15)9-12)8-10-4-5-10/h6-7,9-10,15H,4-5,8H2,1-3H3. The summed E-state index contributed by atoms with van der Waals surface area (Å²) in [6, 6.07) is 6.17. The molecular weight excluding hydrogens is 184 g/mol. The van der Waals surface area contributed by atoms with Crippen LogP contribution in [0.2, 0.25) is 0 Å². The lowest BCUT2D eigenvalue weighted by molar-refractivity contribution is 0.462. The van der Waals surface area contributed by atoms with Crippen molar-refractivity contribution in [1.82, 2.24) is 0 Å². The summed E-state index contributed by atoms with van der Waals surface area (Å²) in [6.07, 6.45) is 3.72. The van der Waals surface area contributed by atoms with E-state index in [2.05, 4.69) is 32.9 Å². The molecule has 1 fully saturated rings. The predicted octanol–water partition coefficient (Wildman–Crippen LogP) is 3.64. The number of phenolic OH excluding ortho intramolecular Hbond substituents is 1. The summed E-state index contributed by atoms with van der Waals surface area (Å²) in [5, 5.41) is 9.93. The summed E-state index contributed by atoms with van der Waals surface area (Å²) in [5.74, 6) is 1.31. The average molecular weight is 204 g/mol. The van der Waals surface area contributed by atoms with E-state index in [4.69, 9.17) is 0 Å². The highest BCUT2D eigenvalue weighted by Gasteiger charge is 2.23. The lowest BCUT2D eigenvalue weighted by atomic mass is 9.86. The van der Waals surface area contributed by atoms with Crippen molar-refractivity contribution in [3.05, 3.63) is 29.3 Å². The molecule has 0 saturated heterocycles. The van der Waals surface area contributed by atoms with Crippen LogP contribution in [0.5, 0.6) is 5.75 Å². The van der Waals surface area contributed by atoms with Crippen molar-refractivity contribution >= 4 is 0 Å². The van der Waals surface area contributed by atoms with Gasteiger partial charge in [-0.2, -0.15) is 0 Å². The molecular formula is C14H20O. The molecule has 1 aliphatic rings. The van der Waals surface area contributed by atoms with E-state index in [0.717, 1.165) is 17.9 Å². The molecule has 0 atom stereocenters. The van der Waals surface area contributed by atoms with Gasteiger partial charge in [0.25, 0.3) is 0 Å². The van der Waals surface area contributed by atoms with Crippen LogP contribution in [0.4, 0.5) is 0 Å². The second-order valence-electron chi connectivity index (χ2n) is 5.74. The minimum Gasteiger partial charge on any atom is -0.508 e. The Morgan fingerprint density at radius 2 is 1.93 bits per heavy atom. The van der Waals surface area contributed by atoms with E-state index in [1.165, 1.54) is 18.4 Å². The number of aromatic hydroxyl groups is 1. The van der Waals surface area contributed by atoms with Crippen molar-refractivity contribution in [2.24, 2.45) is 5.92 Å². The van der Waals surface area contributed by atoms with Crippen molar-refractivity contribution in [2.45, 2.75) is 45.4 Å². The smallest absolute Gasteiger partial charge is 0.119 e. The first-order valence-corrected chi connectivity index (χ1v) is 5.79. The fourth-order valence-corrected chi connectivity index (χ4v) is 1.84. The van der Waals surface area contributed by atoms with Gasteiger partial charge in [-0.15, -0.1) is 0 Å². The maximum atomic E-state index is 9.93. The van der Waals surface area contributed by atoms with E-state index in [1.807, 2.05) is 6.07 Å². The van der Waals surface area contributed by atoms with E-state index in [9.17, 15) is 5.11 Å². The number of hydrogen-bond donors (Lipinski definition) is 1. The molecule has 0 spiro atoms. The quantitative estimate of drug-likeness (QED) is 0.779. The van der Waals surface area contributed by atoms with Gasteiger partial charge < -0.3 is 5.11 Å². The van der Waals surface area contributed by atoms with Crippen molar-refractivity contribution in [3.63, 3.8) is 0 Å². The second kappa shape index (κ2) is 3.55. The van der Waals surface area contributed by atoms with Crippen molar-refractivity contribution < 1.29 is 5.11 Å². The number of phenols is 1. The van der Waals surface area contributed by atoms with Crippen molar-refractivity contribution in [2.75, 3.05) is 0 Å². The summed E-state index contributed by atoms with van der Waals surface area (Å²) in [4.78, 5) is 0. The number of benzene rings is 1. The highest BCUT2D eigenvalue weighted by Crippen LogP contribution is 2.36. The van der Waals surface area contributed by atoms with Crippen LogP contribution < -0.4 is 0 Å². The van der Waals surface area contributed by atoms with Crippen molar-refractivity contribution in [1.29, 1.82) is 0 Å². The van der Waals surface area contributed by atoms with Gasteiger partial charge in [0, 0.05) is 0 Å². The van der Waals surface area contributed by atoms with E-state index < -0.39 is 0 Å². The molecule has 0 heterocycles. The predicted molar refractivity (Wildman–Crippen MR) is 63.2 cm³/mol. The first-order chi connectivity index (χ1) is 6.97. The highest BCUT2D eigenvalue weighted by atomic mass is 16.3. The van der Waals surface area contributed by atoms with Crippen LogP contribution in [-0.2, 0) is 11.8 Å². The van der Waals surface area contributed by atoms with Gasteiger partial charge >= 0.3 is 0 Å². The van der Waals surface area contributed by atoms with Gasteiger partial charge in [-0.1, -0.05) is 32.9 Å². The molecule has 1 N–H and O–H groups in total. The monoisotopic (exact) mass is 204 g/mol. The van der Waals surface area contributed by atoms with E-state index in [0.29, 0.717) is 5.75 Å². The van der Waals surface area contributed by atoms with Gasteiger partial charge in [0.15, 0.2) is 0 Å². The second-order valence-corrected chi connectivity index (χ2v) is 5.74. The van der Waals surface area contributed by atoms with Crippen molar-refractivity contribution in [3.8, 4) is 5.75 Å². The summed E-state index contributed by atoms with van der Waals surface area (Å²) in [5.41, 5.74) is 2.44. The number of rotatable bonds is 2. The third kappa shape index (κ3) is 2.53. The van der Waals surface area contributed by atoms with Crippen LogP contribution in [0.1, 0.15) is 44.7 Å². The molecule has 2 rings (SSSR count). The molecule has 0 unspecified atom stereocenters. The molecule has 1 heteroatoms. The van der Waals surface area contributed by atoms with Gasteiger partial charge in [-0.25, -0.2) is 0 Å². The fraction of sp³-hybridized carbons (Fsp3) is 0.571. The lowest BCUT2D eigenvalue weighted by Crippen LogP contribution is -2.10. The Balaban J connectivity index is 2.21. The normalized spacial score (nSPS) is 16.7. The van der Waals surface area contributed by atoms with E-state index in [1.54, 1.807) is 0 Å². The molecule has 1 aromatic rings. The average Bonchev–Trinajstić information content (AvgIpc) is 2.90. The minimum absolute atomic E-state index is 0.121. The maximum Gasteiger partial charge on any atom is 0.119 e. The van der Waals surface area contributed by atoms with Gasteiger partial charge in [0.1, 0.15) is 5.75 Å². The van der Waals surface area contributed by atoms with Gasteiger partial charge in [-0.05, 0) is 47.8 Å². The molecule has 0 radical (unpaired) electrons. The summed E-state index contributed by atoms with van der Waals surface area (Å²) in [7, 11) is 0. The SMILES string of the molecule is CC(C)(C)c1ccc(CC2CC2)c(O)c1. The molecule has 0 aromatic heterocycles. The lowest BCUT2D eigenvalue weighted by Gasteiger charge is -2.20. The topological polar surface area (TPSA) is 20.2 Å². The Labute approximate surface area is 92.1 Å². The molecule has 0 bridgehead atoms. The fourth-order valence-electron chi connectivity index (χ4n) is 1.84. The summed E-state index contributed by atoms with van der Waals surface area (Å²) < 4.78 is 0. The molecule has 1 aliphatic carbocycles. The van der Waals surface area contributed by atoms with E-state index >= 15 is 0 Å². The van der Waals surface area contributed by atoms with Crippen LogP contribution in [0.15, 0.2) is 18.2 Å². The zero-order chi connectivity index (χ0) is 11.1. The first-order valence-electron chi connectivity index (χ1n) is 5.79. The zero-order valence-corrected chi connectivity index (χ0v) is 9.88. The maximum absolute atomic E-state index is 9.93. The Morgan fingerprint density at radius 1 is 1.27 bits per heavy atom. The highest BCUT2D eigenvalue weighted by molar-refractivity contribution is 5.39. The molecule has 1 nitrogen and oxygen atoms in total. The Kier molecular flexibility index (Phi) is 2.49. The van der Waals surface area contributed by atoms with Gasteiger partial charge in [-0.3, -0.25) is 0 Å². The third-order valence-electron chi connectivity index (χ3n) is 3.16. The number of hydrogen-bond acceptors (Lipinski definition) is 1. The molecule has 0 aliphatic heterocycles. The molecule has 82 valence electrons. The van der Waals surface area contributed by atoms with Crippen LogP contribution in [0, 0.1) is 5.92 Å². The Hall–Kier alpha value is -0.980.